The summed E-state index contributed by atoms with van der Waals surface area (Å²) in [7, 11) is -2.13. The number of hydrogen-bond acceptors (Lipinski definition) is 6. The maximum atomic E-state index is 12.0. The molecule has 0 amide bonds. The summed E-state index contributed by atoms with van der Waals surface area (Å²) in [6.07, 6.45) is 3.18. The lowest BCUT2D eigenvalue weighted by molar-refractivity contribution is -0.384. The minimum atomic E-state index is -3.84. The first-order valence-electron chi connectivity index (χ1n) is 5.20. The number of aryl methyl sites for hydroxylation is 1. The van der Waals surface area contributed by atoms with Crippen molar-refractivity contribution in [2.45, 2.75) is 10.8 Å². The predicted octanol–water partition coefficient (Wildman–Crippen LogP) is 1.52. The van der Waals surface area contributed by atoms with E-state index in [1.807, 2.05) is 0 Å². The van der Waals surface area contributed by atoms with Crippen LogP contribution in [-0.4, -0.2) is 23.1 Å². The first kappa shape index (κ1) is 14.9. The standard InChI is InChI=1S/C9H9ClN4O4S2/c1-13-5-6(3-11-13)4-12-20(17,18)8-2-7(14(15)16)9(10)19-8/h2-3,5,12H,4H2,1H3. The van der Waals surface area contributed by atoms with Crippen molar-refractivity contribution in [3.8, 4) is 0 Å². The number of nitrogens with zero attached hydrogens (tertiary/aromatic N) is 3. The van der Waals surface area contributed by atoms with Crippen molar-refractivity contribution in [2.24, 2.45) is 7.05 Å². The van der Waals surface area contributed by atoms with E-state index in [1.165, 1.54) is 10.9 Å². The van der Waals surface area contributed by atoms with Crippen LogP contribution < -0.4 is 4.72 Å². The highest BCUT2D eigenvalue weighted by molar-refractivity contribution is 7.91. The number of hydrogen-bond donors (Lipinski definition) is 1. The zero-order valence-corrected chi connectivity index (χ0v) is 12.5. The predicted molar refractivity (Wildman–Crippen MR) is 73.2 cm³/mol. The van der Waals surface area contributed by atoms with Crippen molar-refractivity contribution in [1.29, 1.82) is 0 Å². The number of nitro groups is 1. The summed E-state index contributed by atoms with van der Waals surface area (Å²) in [5.41, 5.74) is 0.256. The van der Waals surface area contributed by atoms with E-state index < -0.39 is 20.6 Å². The molecule has 0 saturated heterocycles. The average molecular weight is 337 g/mol. The van der Waals surface area contributed by atoms with Gasteiger partial charge in [-0.1, -0.05) is 11.6 Å². The van der Waals surface area contributed by atoms with Crippen LogP contribution in [0.1, 0.15) is 5.56 Å². The van der Waals surface area contributed by atoms with Crippen molar-refractivity contribution < 1.29 is 13.3 Å². The molecule has 0 bridgehead atoms. The van der Waals surface area contributed by atoms with Crippen molar-refractivity contribution in [2.75, 3.05) is 0 Å². The van der Waals surface area contributed by atoms with Crippen molar-refractivity contribution in [1.82, 2.24) is 14.5 Å². The Morgan fingerprint density at radius 2 is 2.30 bits per heavy atom. The minimum Gasteiger partial charge on any atom is -0.275 e. The third-order valence-corrected chi connectivity index (χ3v) is 5.55. The Labute approximate surface area is 123 Å². The van der Waals surface area contributed by atoms with Gasteiger partial charge in [0.2, 0.25) is 0 Å². The van der Waals surface area contributed by atoms with Crippen molar-refractivity contribution in [3.63, 3.8) is 0 Å². The van der Waals surface area contributed by atoms with E-state index in [-0.39, 0.29) is 15.1 Å². The Balaban J connectivity index is 2.18. The van der Waals surface area contributed by atoms with Gasteiger partial charge in [-0.25, -0.2) is 13.1 Å². The number of thiophene rings is 1. The van der Waals surface area contributed by atoms with E-state index >= 15 is 0 Å². The molecule has 0 aliphatic heterocycles. The topological polar surface area (TPSA) is 107 Å². The van der Waals surface area contributed by atoms with Crippen LogP contribution in [0.4, 0.5) is 5.69 Å². The van der Waals surface area contributed by atoms with Gasteiger partial charge in [0.05, 0.1) is 11.1 Å². The van der Waals surface area contributed by atoms with Gasteiger partial charge in [-0.3, -0.25) is 14.8 Å². The summed E-state index contributed by atoms with van der Waals surface area (Å²) in [5.74, 6) is 0. The summed E-state index contributed by atoms with van der Waals surface area (Å²) in [6.45, 7) is 0.0412. The third-order valence-electron chi connectivity index (χ3n) is 2.33. The molecule has 2 heterocycles. The van der Waals surface area contributed by atoms with Gasteiger partial charge in [0.25, 0.3) is 15.7 Å². The molecule has 0 saturated carbocycles. The van der Waals surface area contributed by atoms with E-state index in [1.54, 1.807) is 13.2 Å². The maximum Gasteiger partial charge on any atom is 0.300 e. The molecule has 1 N–H and O–H groups in total. The number of sulfonamides is 1. The molecular formula is C9H9ClN4O4S2. The molecule has 0 spiro atoms. The van der Waals surface area contributed by atoms with E-state index in [0.717, 1.165) is 6.07 Å². The van der Waals surface area contributed by atoms with E-state index in [0.29, 0.717) is 16.9 Å². The molecule has 0 aliphatic carbocycles. The van der Waals surface area contributed by atoms with Gasteiger partial charge in [0, 0.05) is 31.4 Å². The maximum absolute atomic E-state index is 12.0. The average Bonchev–Trinajstić information content (AvgIpc) is 2.93. The molecule has 2 aromatic heterocycles. The van der Waals surface area contributed by atoms with Gasteiger partial charge in [-0.15, -0.1) is 11.3 Å². The second-order valence-corrected chi connectivity index (χ2v) is 7.48. The van der Waals surface area contributed by atoms with Crippen LogP contribution in [0.15, 0.2) is 22.7 Å². The molecular weight excluding hydrogens is 328 g/mol. The van der Waals surface area contributed by atoms with Gasteiger partial charge in [-0.05, 0) is 0 Å². The summed E-state index contributed by atoms with van der Waals surface area (Å²) in [4.78, 5) is 9.92. The summed E-state index contributed by atoms with van der Waals surface area (Å²) in [5, 5.41) is 14.6. The number of nitrogens with one attached hydrogen (secondary N) is 1. The molecule has 0 aliphatic rings. The Bertz CT molecular complexity index is 752. The Morgan fingerprint density at radius 3 is 2.80 bits per heavy atom. The SMILES string of the molecule is Cn1cc(CNS(=O)(=O)c2cc([N+](=O)[O-])c(Cl)s2)cn1. The lowest BCUT2D eigenvalue weighted by atomic mass is 10.4. The van der Waals surface area contributed by atoms with Gasteiger partial charge in [0.15, 0.2) is 4.34 Å². The third kappa shape index (κ3) is 3.15. The fourth-order valence-electron chi connectivity index (χ4n) is 1.41. The largest absolute Gasteiger partial charge is 0.300 e. The summed E-state index contributed by atoms with van der Waals surface area (Å²) >= 11 is 6.28. The van der Waals surface area contributed by atoms with Crippen LogP contribution in [0.25, 0.3) is 0 Å². The quantitative estimate of drug-likeness (QED) is 0.658. The number of halogens is 1. The van der Waals surface area contributed by atoms with Crippen LogP contribution >= 0.6 is 22.9 Å². The molecule has 11 heteroatoms. The summed E-state index contributed by atoms with van der Waals surface area (Å²) in [6, 6.07) is 0.943. The zero-order chi connectivity index (χ0) is 14.9. The molecule has 8 nitrogen and oxygen atoms in total. The van der Waals surface area contributed by atoms with Crippen LogP contribution in [0, 0.1) is 10.1 Å². The smallest absolute Gasteiger partial charge is 0.275 e. The Hall–Kier alpha value is -1.49. The van der Waals surface area contributed by atoms with Crippen LogP contribution in [0.3, 0.4) is 0 Å². The van der Waals surface area contributed by atoms with Crippen LogP contribution in [0.5, 0.6) is 0 Å². The second kappa shape index (κ2) is 5.48. The molecule has 0 unspecified atom stereocenters. The van der Waals surface area contributed by atoms with E-state index in [2.05, 4.69) is 9.82 Å². The monoisotopic (exact) mass is 336 g/mol. The Morgan fingerprint density at radius 1 is 1.60 bits per heavy atom. The van der Waals surface area contributed by atoms with Crippen LogP contribution in [-0.2, 0) is 23.6 Å². The summed E-state index contributed by atoms with van der Waals surface area (Å²) < 4.78 is 27.5. The molecule has 20 heavy (non-hydrogen) atoms. The molecule has 0 fully saturated rings. The lowest BCUT2D eigenvalue weighted by Crippen LogP contribution is -2.22. The highest BCUT2D eigenvalue weighted by atomic mass is 35.5. The fraction of sp³-hybridized carbons (Fsp3) is 0.222. The first-order chi connectivity index (χ1) is 9.29. The second-order valence-electron chi connectivity index (χ2n) is 3.83. The molecule has 0 aromatic carbocycles. The highest BCUT2D eigenvalue weighted by Gasteiger charge is 2.25. The van der Waals surface area contributed by atoms with Gasteiger partial charge in [0.1, 0.15) is 4.21 Å². The number of rotatable bonds is 5. The Kier molecular flexibility index (Phi) is 4.09. The van der Waals surface area contributed by atoms with Gasteiger partial charge in [-0.2, -0.15) is 5.10 Å². The highest BCUT2D eigenvalue weighted by Crippen LogP contribution is 2.36. The van der Waals surface area contributed by atoms with Gasteiger partial charge >= 0.3 is 0 Å². The first-order valence-corrected chi connectivity index (χ1v) is 7.88. The molecule has 2 rings (SSSR count). The van der Waals surface area contributed by atoms with Crippen molar-refractivity contribution >= 4 is 38.6 Å². The fourth-order valence-corrected chi connectivity index (χ4v) is 4.13. The number of aromatic nitrogens is 2. The molecule has 108 valence electrons. The lowest BCUT2D eigenvalue weighted by Gasteiger charge is -2.01. The minimum absolute atomic E-state index is 0.0412. The van der Waals surface area contributed by atoms with E-state index in [4.69, 9.17) is 11.6 Å². The molecule has 0 atom stereocenters. The normalized spacial score (nSPS) is 11.7. The van der Waals surface area contributed by atoms with Crippen molar-refractivity contribution in [3.05, 3.63) is 38.5 Å². The zero-order valence-electron chi connectivity index (χ0n) is 10.1. The van der Waals surface area contributed by atoms with Crippen LogP contribution in [0.2, 0.25) is 4.34 Å². The van der Waals surface area contributed by atoms with E-state index in [9.17, 15) is 18.5 Å². The van der Waals surface area contributed by atoms with Gasteiger partial charge < -0.3 is 0 Å². The molecule has 2 aromatic rings. The molecule has 0 radical (unpaired) electrons.